The normalized spacial score (nSPS) is 17.8. The first-order chi connectivity index (χ1) is 9.70. The summed E-state index contributed by atoms with van der Waals surface area (Å²) < 4.78 is 5.29. The Hall–Kier alpha value is -2.03. The number of likely N-dealkylation sites (tertiary alicyclic amines) is 1. The van der Waals surface area contributed by atoms with E-state index in [-0.39, 0.29) is 5.91 Å². The van der Waals surface area contributed by atoms with Gasteiger partial charge in [0, 0.05) is 24.2 Å². The van der Waals surface area contributed by atoms with Gasteiger partial charge in [0.1, 0.15) is 5.75 Å². The molecule has 20 heavy (non-hydrogen) atoms. The van der Waals surface area contributed by atoms with Crippen LogP contribution in [-0.4, -0.2) is 24.5 Å². The van der Waals surface area contributed by atoms with E-state index in [1.165, 1.54) is 11.1 Å². The van der Waals surface area contributed by atoms with Crippen LogP contribution in [0.4, 0.5) is 0 Å². The smallest absolute Gasteiger partial charge is 0.227 e. The summed E-state index contributed by atoms with van der Waals surface area (Å²) in [7, 11) is 1.68. The fourth-order valence-corrected chi connectivity index (χ4v) is 3.00. The van der Waals surface area contributed by atoms with E-state index < -0.39 is 0 Å². The second kappa shape index (κ2) is 5.16. The molecule has 0 spiro atoms. The Morgan fingerprint density at radius 3 is 2.90 bits per heavy atom. The van der Waals surface area contributed by atoms with E-state index >= 15 is 0 Å². The quantitative estimate of drug-likeness (QED) is 0.843. The van der Waals surface area contributed by atoms with E-state index in [9.17, 15) is 4.79 Å². The third kappa shape index (κ3) is 2.13. The minimum absolute atomic E-state index is 0.191. The number of benzene rings is 1. The lowest BCUT2D eigenvalue weighted by Crippen LogP contribution is -2.24. The molecule has 0 atom stereocenters. The number of nitrogens with zero attached hydrogens (tertiary/aromatic N) is 1. The highest BCUT2D eigenvalue weighted by atomic mass is 16.5. The molecule has 1 fully saturated rings. The first-order valence-corrected chi connectivity index (χ1v) is 7.08. The molecule has 0 radical (unpaired) electrons. The highest BCUT2D eigenvalue weighted by Crippen LogP contribution is 2.35. The van der Waals surface area contributed by atoms with Gasteiger partial charge in [0.15, 0.2) is 0 Å². The van der Waals surface area contributed by atoms with Crippen LogP contribution in [0.3, 0.4) is 0 Å². The van der Waals surface area contributed by atoms with Crippen molar-refractivity contribution in [1.82, 2.24) is 4.90 Å². The monoisotopic (exact) mass is 269 g/mol. The molecule has 1 heterocycles. The number of fused-ring (bicyclic) bond motifs is 1. The Balaban J connectivity index is 1.94. The second-order valence-electron chi connectivity index (χ2n) is 5.28. The molecule has 104 valence electrons. The highest BCUT2D eigenvalue weighted by Gasteiger charge is 2.26. The molecule has 1 amide bonds. The topological polar surface area (TPSA) is 29.5 Å². The van der Waals surface area contributed by atoms with Crippen molar-refractivity contribution in [1.29, 1.82) is 0 Å². The largest absolute Gasteiger partial charge is 0.497 e. The number of hydrogen-bond acceptors (Lipinski definition) is 2. The lowest BCUT2D eigenvalue weighted by Gasteiger charge is -2.25. The van der Waals surface area contributed by atoms with Crippen LogP contribution in [0.25, 0.3) is 5.57 Å². The van der Waals surface area contributed by atoms with Crippen LogP contribution in [-0.2, 0) is 11.2 Å². The number of rotatable bonds is 3. The Morgan fingerprint density at radius 1 is 1.35 bits per heavy atom. The van der Waals surface area contributed by atoms with E-state index in [0.717, 1.165) is 42.8 Å². The standard InChI is InChI=1S/C17H19NO2/c1-12(18-10-4-7-17(18)19)15-6-3-5-13-11-14(20-2)8-9-16(13)15/h6,8-9,11H,1,3-5,7,10H2,2H3. The van der Waals surface area contributed by atoms with E-state index in [0.29, 0.717) is 6.42 Å². The van der Waals surface area contributed by atoms with E-state index in [4.69, 9.17) is 4.74 Å². The molecule has 1 aromatic carbocycles. The van der Waals surface area contributed by atoms with Gasteiger partial charge >= 0.3 is 0 Å². The Morgan fingerprint density at radius 2 is 2.20 bits per heavy atom. The molecule has 0 aromatic heterocycles. The zero-order valence-electron chi connectivity index (χ0n) is 11.8. The Kier molecular flexibility index (Phi) is 3.35. The lowest BCUT2D eigenvalue weighted by atomic mass is 9.89. The molecular formula is C17H19NO2. The third-order valence-corrected chi connectivity index (χ3v) is 4.07. The summed E-state index contributed by atoms with van der Waals surface area (Å²) in [5, 5.41) is 0. The molecule has 0 saturated carbocycles. The predicted octanol–water partition coefficient (Wildman–Crippen LogP) is 3.16. The SMILES string of the molecule is C=C(C1=CCCc2cc(OC)ccc21)N1CCCC1=O. The summed E-state index contributed by atoms with van der Waals surface area (Å²) in [5.41, 5.74) is 4.40. The molecule has 1 aliphatic heterocycles. The summed E-state index contributed by atoms with van der Waals surface area (Å²) in [6, 6.07) is 6.13. The molecule has 0 unspecified atom stereocenters. The van der Waals surface area contributed by atoms with Crippen LogP contribution in [0.15, 0.2) is 36.6 Å². The van der Waals surface area contributed by atoms with Gasteiger partial charge in [0.25, 0.3) is 0 Å². The summed E-state index contributed by atoms with van der Waals surface area (Å²) in [6.07, 6.45) is 5.76. The van der Waals surface area contributed by atoms with Gasteiger partial charge in [0.2, 0.25) is 5.91 Å². The first-order valence-electron chi connectivity index (χ1n) is 7.08. The second-order valence-corrected chi connectivity index (χ2v) is 5.28. The number of methoxy groups -OCH3 is 1. The molecule has 1 saturated heterocycles. The van der Waals surface area contributed by atoms with E-state index in [1.807, 2.05) is 11.0 Å². The van der Waals surface area contributed by atoms with Gasteiger partial charge in [-0.15, -0.1) is 0 Å². The molecule has 3 nitrogen and oxygen atoms in total. The van der Waals surface area contributed by atoms with Crippen molar-refractivity contribution in [3.05, 3.63) is 47.7 Å². The summed E-state index contributed by atoms with van der Waals surface area (Å²) >= 11 is 0. The molecule has 0 bridgehead atoms. The molecule has 3 heteroatoms. The van der Waals surface area contributed by atoms with Gasteiger partial charge in [-0.3, -0.25) is 4.79 Å². The van der Waals surface area contributed by atoms with Crippen LogP contribution >= 0.6 is 0 Å². The maximum Gasteiger partial charge on any atom is 0.227 e. The first kappa shape index (κ1) is 13.0. The average molecular weight is 269 g/mol. The Bertz CT molecular complexity index is 601. The maximum atomic E-state index is 11.9. The zero-order chi connectivity index (χ0) is 14.1. The van der Waals surface area contributed by atoms with Crippen molar-refractivity contribution in [3.8, 4) is 5.75 Å². The van der Waals surface area contributed by atoms with Gasteiger partial charge in [-0.1, -0.05) is 18.7 Å². The lowest BCUT2D eigenvalue weighted by molar-refractivity contribution is -0.125. The fraction of sp³-hybridized carbons (Fsp3) is 0.353. The fourth-order valence-electron chi connectivity index (χ4n) is 3.00. The average Bonchev–Trinajstić information content (AvgIpc) is 2.91. The van der Waals surface area contributed by atoms with Crippen molar-refractivity contribution < 1.29 is 9.53 Å². The van der Waals surface area contributed by atoms with Gasteiger partial charge in [-0.05, 0) is 42.5 Å². The van der Waals surface area contributed by atoms with Gasteiger partial charge in [-0.2, -0.15) is 0 Å². The minimum Gasteiger partial charge on any atom is -0.497 e. The number of amides is 1. The number of allylic oxidation sites excluding steroid dienone is 2. The van der Waals surface area contributed by atoms with Gasteiger partial charge in [-0.25, -0.2) is 0 Å². The molecule has 3 rings (SSSR count). The molecule has 1 aromatic rings. The van der Waals surface area contributed by atoms with Crippen LogP contribution in [0.2, 0.25) is 0 Å². The molecule has 2 aliphatic rings. The van der Waals surface area contributed by atoms with Crippen molar-refractivity contribution in [2.75, 3.05) is 13.7 Å². The minimum atomic E-state index is 0.191. The molecular weight excluding hydrogens is 250 g/mol. The number of carbonyl (C=O) groups is 1. The van der Waals surface area contributed by atoms with E-state index in [1.54, 1.807) is 7.11 Å². The van der Waals surface area contributed by atoms with Crippen molar-refractivity contribution in [3.63, 3.8) is 0 Å². The summed E-state index contributed by atoms with van der Waals surface area (Å²) in [6.45, 7) is 4.95. The van der Waals surface area contributed by atoms with Crippen molar-refractivity contribution >= 4 is 11.5 Å². The zero-order valence-corrected chi connectivity index (χ0v) is 11.8. The van der Waals surface area contributed by atoms with Crippen LogP contribution in [0, 0.1) is 0 Å². The number of ether oxygens (including phenoxy) is 1. The van der Waals surface area contributed by atoms with Crippen molar-refractivity contribution in [2.24, 2.45) is 0 Å². The number of aryl methyl sites for hydroxylation is 1. The molecule has 1 aliphatic carbocycles. The van der Waals surface area contributed by atoms with E-state index in [2.05, 4.69) is 24.8 Å². The third-order valence-electron chi connectivity index (χ3n) is 4.07. The summed E-state index contributed by atoms with van der Waals surface area (Å²) in [5.74, 6) is 1.07. The summed E-state index contributed by atoms with van der Waals surface area (Å²) in [4.78, 5) is 13.7. The maximum absolute atomic E-state index is 11.9. The molecule has 0 N–H and O–H groups in total. The van der Waals surface area contributed by atoms with Crippen LogP contribution in [0.1, 0.15) is 30.4 Å². The number of hydrogen-bond donors (Lipinski definition) is 0. The Labute approximate surface area is 119 Å². The number of carbonyl (C=O) groups excluding carboxylic acids is 1. The van der Waals surface area contributed by atoms with Crippen molar-refractivity contribution in [2.45, 2.75) is 25.7 Å². The van der Waals surface area contributed by atoms with Gasteiger partial charge < -0.3 is 9.64 Å². The van der Waals surface area contributed by atoms with Crippen LogP contribution < -0.4 is 4.74 Å². The van der Waals surface area contributed by atoms with Gasteiger partial charge in [0.05, 0.1) is 7.11 Å². The van der Waals surface area contributed by atoms with Crippen LogP contribution in [0.5, 0.6) is 5.75 Å². The predicted molar refractivity (Wildman–Crippen MR) is 79.4 cm³/mol. The highest BCUT2D eigenvalue weighted by molar-refractivity contribution is 5.89.